The number of sulfonamides is 1. The third-order valence-electron chi connectivity index (χ3n) is 4.75. The van der Waals surface area contributed by atoms with Crippen molar-refractivity contribution < 1.29 is 13.2 Å². The van der Waals surface area contributed by atoms with Gasteiger partial charge in [-0.1, -0.05) is 43.0 Å². The fourth-order valence-corrected chi connectivity index (χ4v) is 4.84. The predicted octanol–water partition coefficient (Wildman–Crippen LogP) is 4.90. The second-order valence-electron chi connectivity index (χ2n) is 7.03. The third kappa shape index (κ3) is 5.39. The number of aryl methyl sites for hydroxylation is 1. The van der Waals surface area contributed by atoms with Gasteiger partial charge in [0.1, 0.15) is 0 Å². The van der Waals surface area contributed by atoms with Crippen LogP contribution in [0.3, 0.4) is 0 Å². The Kier molecular flexibility index (Phi) is 6.46. The molecule has 3 N–H and O–H groups in total. The van der Waals surface area contributed by atoms with E-state index in [1.165, 1.54) is 18.6 Å². The van der Waals surface area contributed by atoms with Crippen LogP contribution in [0, 0.1) is 6.92 Å². The fraction of sp³-hybridized carbons (Fsp3) is 0.350. The summed E-state index contributed by atoms with van der Waals surface area (Å²) in [7, 11) is -3.83. The molecule has 3 rings (SSSR count). The van der Waals surface area contributed by atoms with Gasteiger partial charge in [-0.25, -0.2) is 13.2 Å². The van der Waals surface area contributed by atoms with E-state index in [0.717, 1.165) is 25.7 Å². The first-order chi connectivity index (χ1) is 13.3. The maximum absolute atomic E-state index is 12.8. The van der Waals surface area contributed by atoms with Crippen LogP contribution < -0.4 is 15.4 Å². The molecule has 0 bridgehead atoms. The monoisotopic (exact) mass is 421 g/mol. The van der Waals surface area contributed by atoms with Crippen molar-refractivity contribution in [3.8, 4) is 0 Å². The number of benzene rings is 2. The molecule has 0 saturated heterocycles. The predicted molar refractivity (Wildman–Crippen MR) is 112 cm³/mol. The number of carbonyl (C=O) groups is 1. The van der Waals surface area contributed by atoms with Crippen LogP contribution in [0.2, 0.25) is 5.02 Å². The number of urea groups is 1. The average molecular weight is 422 g/mol. The Balaban J connectivity index is 1.74. The second kappa shape index (κ2) is 8.84. The summed E-state index contributed by atoms with van der Waals surface area (Å²) in [6, 6.07) is 11.2. The quantitative estimate of drug-likeness (QED) is 0.641. The number of hydrogen-bond donors (Lipinski definition) is 3. The van der Waals surface area contributed by atoms with E-state index < -0.39 is 10.0 Å². The van der Waals surface area contributed by atoms with E-state index in [1.54, 1.807) is 37.3 Å². The highest BCUT2D eigenvalue weighted by molar-refractivity contribution is 7.92. The molecule has 0 aromatic heterocycles. The van der Waals surface area contributed by atoms with Crippen molar-refractivity contribution in [1.29, 1.82) is 0 Å². The van der Waals surface area contributed by atoms with Gasteiger partial charge in [0.2, 0.25) is 0 Å². The first-order valence-corrected chi connectivity index (χ1v) is 11.2. The maximum atomic E-state index is 12.8. The molecule has 0 aliphatic heterocycles. The topological polar surface area (TPSA) is 87.3 Å². The van der Waals surface area contributed by atoms with Gasteiger partial charge in [0.15, 0.2) is 0 Å². The molecule has 1 fully saturated rings. The first-order valence-electron chi connectivity index (χ1n) is 9.30. The van der Waals surface area contributed by atoms with Gasteiger partial charge in [0.25, 0.3) is 10.0 Å². The van der Waals surface area contributed by atoms with Crippen LogP contribution in [0.25, 0.3) is 0 Å². The molecule has 150 valence electrons. The average Bonchev–Trinajstić information content (AvgIpc) is 2.63. The molecular weight excluding hydrogens is 398 g/mol. The minimum Gasteiger partial charge on any atom is -0.335 e. The Labute approximate surface area is 170 Å². The third-order valence-corrected chi connectivity index (χ3v) is 6.51. The summed E-state index contributed by atoms with van der Waals surface area (Å²) in [4.78, 5) is 12.4. The van der Waals surface area contributed by atoms with Crippen LogP contribution in [-0.4, -0.2) is 20.5 Å². The highest BCUT2D eigenvalue weighted by Gasteiger charge is 2.19. The Morgan fingerprint density at radius 2 is 1.79 bits per heavy atom. The fourth-order valence-electron chi connectivity index (χ4n) is 3.33. The number of halogens is 1. The molecule has 0 atom stereocenters. The lowest BCUT2D eigenvalue weighted by Gasteiger charge is -2.23. The highest BCUT2D eigenvalue weighted by Crippen LogP contribution is 2.24. The molecule has 28 heavy (non-hydrogen) atoms. The smallest absolute Gasteiger partial charge is 0.319 e. The Hall–Kier alpha value is -2.25. The zero-order chi connectivity index (χ0) is 20.1. The van der Waals surface area contributed by atoms with Gasteiger partial charge in [0, 0.05) is 16.8 Å². The minimum atomic E-state index is -3.83. The van der Waals surface area contributed by atoms with Gasteiger partial charge in [0.05, 0.1) is 10.6 Å². The molecule has 8 heteroatoms. The van der Waals surface area contributed by atoms with Gasteiger partial charge >= 0.3 is 6.03 Å². The van der Waals surface area contributed by atoms with E-state index >= 15 is 0 Å². The maximum Gasteiger partial charge on any atom is 0.319 e. The number of rotatable bonds is 5. The normalized spacial score (nSPS) is 15.1. The molecule has 0 radical (unpaired) electrons. The van der Waals surface area contributed by atoms with Gasteiger partial charge in [-0.2, -0.15) is 0 Å². The zero-order valence-corrected chi connectivity index (χ0v) is 17.2. The summed E-state index contributed by atoms with van der Waals surface area (Å²) in [6.07, 6.45) is 5.40. The number of carbonyl (C=O) groups excluding carboxylic acids is 1. The molecule has 2 aromatic carbocycles. The minimum absolute atomic E-state index is 0.0999. The van der Waals surface area contributed by atoms with Gasteiger partial charge < -0.3 is 10.6 Å². The molecule has 0 unspecified atom stereocenters. The van der Waals surface area contributed by atoms with Crippen LogP contribution >= 0.6 is 11.6 Å². The Morgan fingerprint density at radius 1 is 1.04 bits per heavy atom. The number of anilines is 2. The number of amides is 2. The van der Waals surface area contributed by atoms with E-state index in [1.807, 2.05) is 0 Å². The lowest BCUT2D eigenvalue weighted by molar-refractivity contribution is 0.244. The lowest BCUT2D eigenvalue weighted by Crippen LogP contribution is -2.39. The molecule has 1 saturated carbocycles. The molecule has 2 aromatic rings. The lowest BCUT2D eigenvalue weighted by atomic mass is 9.96. The van der Waals surface area contributed by atoms with E-state index in [4.69, 9.17) is 11.6 Å². The van der Waals surface area contributed by atoms with E-state index in [2.05, 4.69) is 15.4 Å². The van der Waals surface area contributed by atoms with Crippen LogP contribution in [-0.2, 0) is 10.0 Å². The summed E-state index contributed by atoms with van der Waals surface area (Å²) in [6.45, 7) is 1.71. The van der Waals surface area contributed by atoms with Crippen molar-refractivity contribution in [3.63, 3.8) is 0 Å². The molecule has 0 heterocycles. The molecule has 0 spiro atoms. The highest BCUT2D eigenvalue weighted by atomic mass is 35.5. The largest absolute Gasteiger partial charge is 0.335 e. The first kappa shape index (κ1) is 20.5. The summed E-state index contributed by atoms with van der Waals surface area (Å²) >= 11 is 5.92. The van der Waals surface area contributed by atoms with Gasteiger partial charge in [-0.15, -0.1) is 0 Å². The van der Waals surface area contributed by atoms with Crippen LogP contribution in [0.5, 0.6) is 0 Å². The van der Waals surface area contributed by atoms with Crippen molar-refractivity contribution in [2.45, 2.75) is 50.0 Å². The number of hydrogen-bond acceptors (Lipinski definition) is 3. The van der Waals surface area contributed by atoms with Crippen LogP contribution in [0.15, 0.2) is 47.4 Å². The summed E-state index contributed by atoms with van der Waals surface area (Å²) in [5, 5.41) is 6.13. The van der Waals surface area contributed by atoms with Gasteiger partial charge in [-0.05, 0) is 55.7 Å². The molecule has 1 aliphatic carbocycles. The van der Waals surface area contributed by atoms with Crippen molar-refractivity contribution >= 4 is 39.0 Å². The van der Waals surface area contributed by atoms with Crippen molar-refractivity contribution in [1.82, 2.24) is 5.32 Å². The zero-order valence-electron chi connectivity index (χ0n) is 15.7. The Morgan fingerprint density at radius 3 is 2.50 bits per heavy atom. The number of nitrogens with one attached hydrogen (secondary N) is 3. The standard InChI is InChI=1S/C20H24ClN3O3S/c1-14-10-11-17(23-20(25)22-16-7-3-2-4-8-16)13-19(14)28(26,27)24-18-9-5-6-15(21)12-18/h5-6,9-13,16,24H,2-4,7-8H2,1H3,(H2,22,23,25). The molecular formula is C20H24ClN3O3S. The van der Waals surface area contributed by atoms with E-state index in [-0.39, 0.29) is 17.0 Å². The summed E-state index contributed by atoms with van der Waals surface area (Å²) in [5.41, 5.74) is 1.37. The van der Waals surface area contributed by atoms with Crippen LogP contribution in [0.4, 0.5) is 16.2 Å². The molecule has 1 aliphatic rings. The van der Waals surface area contributed by atoms with Crippen molar-refractivity contribution in [2.75, 3.05) is 10.0 Å². The summed E-state index contributed by atoms with van der Waals surface area (Å²) < 4.78 is 28.1. The Bertz CT molecular complexity index is 957. The van der Waals surface area contributed by atoms with Crippen molar-refractivity contribution in [2.24, 2.45) is 0 Å². The van der Waals surface area contributed by atoms with Crippen molar-refractivity contribution in [3.05, 3.63) is 53.1 Å². The SMILES string of the molecule is Cc1ccc(NC(=O)NC2CCCCC2)cc1S(=O)(=O)Nc1cccc(Cl)c1. The van der Waals surface area contributed by atoms with E-state index in [9.17, 15) is 13.2 Å². The van der Waals surface area contributed by atoms with E-state index in [0.29, 0.717) is 22.0 Å². The second-order valence-corrected chi connectivity index (χ2v) is 9.12. The van der Waals surface area contributed by atoms with Gasteiger partial charge in [-0.3, -0.25) is 4.72 Å². The molecule has 6 nitrogen and oxygen atoms in total. The van der Waals surface area contributed by atoms with Crippen LogP contribution in [0.1, 0.15) is 37.7 Å². The molecule has 2 amide bonds. The summed E-state index contributed by atoms with van der Waals surface area (Å²) in [5.74, 6) is 0.